The Bertz CT molecular complexity index is 623. The summed E-state index contributed by atoms with van der Waals surface area (Å²) in [6, 6.07) is 4.98. The fraction of sp³-hybridized carbons (Fsp3) is 0.500. The minimum Gasteiger partial charge on any atom is -0.347 e. The first kappa shape index (κ1) is 13.0. The molecule has 0 radical (unpaired) electrons. The van der Waals surface area contributed by atoms with Crippen LogP contribution in [-0.2, 0) is 13.5 Å². The van der Waals surface area contributed by atoms with Crippen molar-refractivity contribution >= 4 is 22.5 Å². The number of benzene rings is 1. The normalized spacial score (nSPS) is 15.4. The second kappa shape index (κ2) is 4.84. The van der Waals surface area contributed by atoms with Gasteiger partial charge in [0.1, 0.15) is 0 Å². The lowest BCUT2D eigenvalue weighted by Crippen LogP contribution is -2.19. The van der Waals surface area contributed by atoms with E-state index in [2.05, 4.69) is 36.8 Å². The van der Waals surface area contributed by atoms with E-state index in [1.54, 1.807) is 0 Å². The zero-order valence-corrected chi connectivity index (χ0v) is 12.6. The Morgan fingerprint density at radius 2 is 2.05 bits per heavy atom. The molecule has 0 spiro atoms. The van der Waals surface area contributed by atoms with Crippen LogP contribution in [0.4, 0.5) is 0 Å². The number of fused-ring (bicyclic) bond motifs is 1. The standard InChI is InChI=1S/C16H21ClN2/c1-10-15(17)7-6-14-13(8-9-18-12-4-5-12)11(2)19(3)16(10)14/h6-7,12,18H,4-5,8-9H2,1-3H3. The summed E-state index contributed by atoms with van der Waals surface area (Å²) in [7, 11) is 2.14. The van der Waals surface area contributed by atoms with Crippen LogP contribution in [0.3, 0.4) is 0 Å². The van der Waals surface area contributed by atoms with Gasteiger partial charge in [-0.25, -0.2) is 0 Å². The number of aryl methyl sites for hydroxylation is 2. The molecule has 0 bridgehead atoms. The average molecular weight is 277 g/mol. The van der Waals surface area contributed by atoms with E-state index in [-0.39, 0.29) is 0 Å². The SMILES string of the molecule is Cc1c(Cl)ccc2c(CCNC3CC3)c(C)n(C)c12. The quantitative estimate of drug-likeness (QED) is 0.900. The van der Waals surface area contributed by atoms with Crippen LogP contribution in [0.2, 0.25) is 5.02 Å². The third kappa shape index (κ3) is 2.28. The molecule has 1 heterocycles. The van der Waals surface area contributed by atoms with Crippen molar-refractivity contribution < 1.29 is 0 Å². The van der Waals surface area contributed by atoms with Crippen LogP contribution < -0.4 is 5.32 Å². The summed E-state index contributed by atoms with van der Waals surface area (Å²) in [6.07, 6.45) is 3.80. The number of halogens is 1. The van der Waals surface area contributed by atoms with Crippen LogP contribution >= 0.6 is 11.6 Å². The van der Waals surface area contributed by atoms with Crippen molar-refractivity contribution in [2.75, 3.05) is 6.54 Å². The predicted molar refractivity (Wildman–Crippen MR) is 82.1 cm³/mol. The second-order valence-electron chi connectivity index (χ2n) is 5.67. The maximum Gasteiger partial charge on any atom is 0.0527 e. The molecular weight excluding hydrogens is 256 g/mol. The maximum atomic E-state index is 6.25. The van der Waals surface area contributed by atoms with E-state index in [1.165, 1.54) is 40.6 Å². The van der Waals surface area contributed by atoms with Gasteiger partial charge in [-0.1, -0.05) is 17.7 Å². The molecule has 0 aliphatic heterocycles. The Hall–Kier alpha value is -0.990. The molecule has 1 aliphatic rings. The largest absolute Gasteiger partial charge is 0.347 e. The van der Waals surface area contributed by atoms with E-state index in [1.807, 2.05) is 6.07 Å². The van der Waals surface area contributed by atoms with Gasteiger partial charge in [-0.05, 0) is 56.8 Å². The Morgan fingerprint density at radius 3 is 2.74 bits per heavy atom. The van der Waals surface area contributed by atoms with Crippen LogP contribution in [0, 0.1) is 13.8 Å². The van der Waals surface area contributed by atoms with Crippen LogP contribution in [-0.4, -0.2) is 17.2 Å². The highest BCUT2D eigenvalue weighted by Gasteiger charge is 2.20. The van der Waals surface area contributed by atoms with Gasteiger partial charge in [-0.3, -0.25) is 0 Å². The van der Waals surface area contributed by atoms with Gasteiger partial charge in [0, 0.05) is 29.2 Å². The maximum absolute atomic E-state index is 6.25. The molecule has 0 amide bonds. The molecule has 3 rings (SSSR count). The first-order valence-corrected chi connectivity index (χ1v) is 7.43. The minimum absolute atomic E-state index is 0.784. The van der Waals surface area contributed by atoms with Gasteiger partial charge in [-0.15, -0.1) is 0 Å². The molecule has 3 heteroatoms. The van der Waals surface area contributed by atoms with Crippen molar-refractivity contribution in [3.63, 3.8) is 0 Å². The third-order valence-electron chi connectivity index (χ3n) is 4.35. The molecule has 1 N–H and O–H groups in total. The molecule has 1 aromatic heterocycles. The van der Waals surface area contributed by atoms with Gasteiger partial charge in [0.05, 0.1) is 5.52 Å². The number of nitrogens with one attached hydrogen (secondary N) is 1. The molecular formula is C16H21ClN2. The van der Waals surface area contributed by atoms with Crippen LogP contribution in [0.25, 0.3) is 10.9 Å². The van der Waals surface area contributed by atoms with Gasteiger partial charge >= 0.3 is 0 Å². The topological polar surface area (TPSA) is 17.0 Å². The summed E-state index contributed by atoms with van der Waals surface area (Å²) < 4.78 is 2.28. The number of hydrogen-bond donors (Lipinski definition) is 1. The Balaban J connectivity index is 1.98. The van der Waals surface area contributed by atoms with Crippen molar-refractivity contribution in [3.05, 3.63) is 34.0 Å². The van der Waals surface area contributed by atoms with Crippen LogP contribution in [0.15, 0.2) is 12.1 Å². The van der Waals surface area contributed by atoms with Crippen molar-refractivity contribution in [1.82, 2.24) is 9.88 Å². The van der Waals surface area contributed by atoms with E-state index >= 15 is 0 Å². The molecule has 2 nitrogen and oxygen atoms in total. The van der Waals surface area contributed by atoms with Crippen molar-refractivity contribution in [2.45, 2.75) is 39.2 Å². The lowest BCUT2D eigenvalue weighted by Gasteiger charge is -2.04. The number of nitrogens with zero attached hydrogens (tertiary/aromatic N) is 1. The molecule has 102 valence electrons. The highest BCUT2D eigenvalue weighted by molar-refractivity contribution is 6.32. The van der Waals surface area contributed by atoms with Gasteiger partial charge in [0.15, 0.2) is 0 Å². The summed E-state index contributed by atoms with van der Waals surface area (Å²) in [5.74, 6) is 0. The van der Waals surface area contributed by atoms with Crippen LogP contribution in [0.5, 0.6) is 0 Å². The van der Waals surface area contributed by atoms with Crippen LogP contribution in [0.1, 0.15) is 29.7 Å². The fourth-order valence-electron chi connectivity index (χ4n) is 2.92. The van der Waals surface area contributed by atoms with E-state index in [9.17, 15) is 0 Å². The van der Waals surface area contributed by atoms with Gasteiger partial charge in [0.25, 0.3) is 0 Å². The fourth-order valence-corrected chi connectivity index (χ4v) is 3.07. The number of hydrogen-bond acceptors (Lipinski definition) is 1. The minimum atomic E-state index is 0.784. The highest BCUT2D eigenvalue weighted by atomic mass is 35.5. The van der Waals surface area contributed by atoms with E-state index in [0.717, 1.165) is 24.0 Å². The first-order valence-electron chi connectivity index (χ1n) is 7.06. The van der Waals surface area contributed by atoms with Crippen molar-refractivity contribution in [3.8, 4) is 0 Å². The van der Waals surface area contributed by atoms with E-state index in [4.69, 9.17) is 11.6 Å². The Morgan fingerprint density at radius 1 is 1.32 bits per heavy atom. The Kier molecular flexibility index (Phi) is 3.32. The number of rotatable bonds is 4. The van der Waals surface area contributed by atoms with Crippen molar-refractivity contribution in [1.29, 1.82) is 0 Å². The zero-order valence-electron chi connectivity index (χ0n) is 11.9. The lowest BCUT2D eigenvalue weighted by molar-refractivity contribution is 0.680. The van der Waals surface area contributed by atoms with Crippen molar-refractivity contribution in [2.24, 2.45) is 7.05 Å². The molecule has 0 unspecified atom stereocenters. The molecule has 19 heavy (non-hydrogen) atoms. The summed E-state index contributed by atoms with van der Waals surface area (Å²) >= 11 is 6.25. The summed E-state index contributed by atoms with van der Waals surface area (Å²) in [6.45, 7) is 5.39. The van der Waals surface area contributed by atoms with Gasteiger partial charge in [-0.2, -0.15) is 0 Å². The molecule has 2 aromatic rings. The lowest BCUT2D eigenvalue weighted by atomic mass is 10.1. The summed E-state index contributed by atoms with van der Waals surface area (Å²) in [5, 5.41) is 5.81. The molecule has 1 aromatic carbocycles. The highest BCUT2D eigenvalue weighted by Crippen LogP contribution is 2.31. The molecule has 1 saturated carbocycles. The number of aromatic nitrogens is 1. The zero-order chi connectivity index (χ0) is 13.6. The van der Waals surface area contributed by atoms with Gasteiger partial charge in [0.2, 0.25) is 0 Å². The molecule has 1 aliphatic carbocycles. The first-order chi connectivity index (χ1) is 9.09. The molecule has 0 saturated heterocycles. The smallest absolute Gasteiger partial charge is 0.0527 e. The monoisotopic (exact) mass is 276 g/mol. The second-order valence-corrected chi connectivity index (χ2v) is 6.08. The van der Waals surface area contributed by atoms with E-state index in [0.29, 0.717) is 0 Å². The van der Waals surface area contributed by atoms with E-state index < -0.39 is 0 Å². The summed E-state index contributed by atoms with van der Waals surface area (Å²) in [5.41, 5.74) is 5.29. The summed E-state index contributed by atoms with van der Waals surface area (Å²) in [4.78, 5) is 0. The third-order valence-corrected chi connectivity index (χ3v) is 4.76. The molecule has 0 atom stereocenters. The molecule has 1 fully saturated rings. The Labute approximate surface area is 119 Å². The average Bonchev–Trinajstić information content (AvgIpc) is 3.17. The predicted octanol–water partition coefficient (Wildman–Crippen LogP) is 3.74. The van der Waals surface area contributed by atoms with Gasteiger partial charge < -0.3 is 9.88 Å².